The van der Waals surface area contributed by atoms with Gasteiger partial charge in [-0.05, 0) is 37.3 Å². The van der Waals surface area contributed by atoms with Crippen molar-refractivity contribution in [3.63, 3.8) is 0 Å². The van der Waals surface area contributed by atoms with Crippen LogP contribution in [0.3, 0.4) is 0 Å². The van der Waals surface area contributed by atoms with Gasteiger partial charge >= 0.3 is 0 Å². The molecule has 0 aromatic rings. The van der Waals surface area contributed by atoms with Crippen LogP contribution in [-0.4, -0.2) is 24.2 Å². The third kappa shape index (κ3) is 6.89. The molecule has 0 aromatic heterocycles. The molecule has 3 nitrogen and oxygen atoms in total. The van der Waals surface area contributed by atoms with Gasteiger partial charge in [0, 0.05) is 6.92 Å². The van der Waals surface area contributed by atoms with Crippen LogP contribution < -0.4 is 5.32 Å². The van der Waals surface area contributed by atoms with E-state index in [1.54, 1.807) is 0 Å². The van der Waals surface area contributed by atoms with E-state index >= 15 is 0 Å². The molecule has 0 radical (unpaired) electrons. The molecular weight excluding hydrogens is 178 g/mol. The van der Waals surface area contributed by atoms with E-state index in [-0.39, 0.29) is 0 Å². The molecule has 84 valence electrons. The zero-order valence-corrected chi connectivity index (χ0v) is 9.76. The number of nitrogens with one attached hydrogen (secondary N) is 1. The predicted molar refractivity (Wildman–Crippen MR) is 58.4 cm³/mol. The molecular formula is C11H23NO2. The molecule has 0 atom stereocenters. The standard InChI is InChI=1S/C9H19N.C2H4O2/c1-9(2,3)8-4-6-10-7-5-8;1-2(3)4/h8,10H,4-7H2,1-3H3;1H3,(H,3,4). The average Bonchev–Trinajstić information content (AvgIpc) is 2.03. The maximum Gasteiger partial charge on any atom is 0.300 e. The van der Waals surface area contributed by atoms with Crippen molar-refractivity contribution in [1.82, 2.24) is 5.32 Å². The van der Waals surface area contributed by atoms with Crippen molar-refractivity contribution >= 4 is 5.97 Å². The minimum Gasteiger partial charge on any atom is -0.481 e. The van der Waals surface area contributed by atoms with E-state index in [0.717, 1.165) is 12.8 Å². The van der Waals surface area contributed by atoms with Gasteiger partial charge in [-0.2, -0.15) is 0 Å². The predicted octanol–water partition coefficient (Wildman–Crippen LogP) is 2.12. The van der Waals surface area contributed by atoms with Gasteiger partial charge in [-0.25, -0.2) is 0 Å². The van der Waals surface area contributed by atoms with Crippen LogP contribution in [0.1, 0.15) is 40.5 Å². The minimum atomic E-state index is -0.833. The van der Waals surface area contributed by atoms with E-state index in [1.807, 2.05) is 0 Å². The van der Waals surface area contributed by atoms with Crippen LogP contribution in [0.5, 0.6) is 0 Å². The zero-order valence-electron chi connectivity index (χ0n) is 9.76. The lowest BCUT2D eigenvalue weighted by Crippen LogP contribution is -2.34. The molecule has 1 heterocycles. The lowest BCUT2D eigenvalue weighted by Gasteiger charge is -2.34. The molecule has 0 saturated carbocycles. The first kappa shape index (κ1) is 13.4. The van der Waals surface area contributed by atoms with Crippen LogP contribution in [0.25, 0.3) is 0 Å². The van der Waals surface area contributed by atoms with Crippen molar-refractivity contribution in [3.05, 3.63) is 0 Å². The highest BCUT2D eigenvalue weighted by Gasteiger charge is 2.25. The molecule has 0 aromatic carbocycles. The van der Waals surface area contributed by atoms with Crippen molar-refractivity contribution in [2.45, 2.75) is 40.5 Å². The Morgan fingerprint density at radius 1 is 1.29 bits per heavy atom. The highest BCUT2D eigenvalue weighted by atomic mass is 16.4. The zero-order chi connectivity index (χ0) is 11.2. The molecule has 1 saturated heterocycles. The van der Waals surface area contributed by atoms with Gasteiger partial charge in [0.1, 0.15) is 0 Å². The summed E-state index contributed by atoms with van der Waals surface area (Å²) in [4.78, 5) is 9.00. The summed E-state index contributed by atoms with van der Waals surface area (Å²) in [6, 6.07) is 0. The number of carbonyl (C=O) groups is 1. The van der Waals surface area contributed by atoms with Gasteiger partial charge in [0.25, 0.3) is 5.97 Å². The molecule has 0 amide bonds. The summed E-state index contributed by atoms with van der Waals surface area (Å²) in [6.07, 6.45) is 2.73. The van der Waals surface area contributed by atoms with Crippen molar-refractivity contribution in [3.8, 4) is 0 Å². The molecule has 14 heavy (non-hydrogen) atoms. The summed E-state index contributed by atoms with van der Waals surface area (Å²) in [7, 11) is 0. The fourth-order valence-corrected chi connectivity index (χ4v) is 1.69. The Kier molecular flexibility index (Phi) is 5.77. The topological polar surface area (TPSA) is 49.3 Å². The maximum absolute atomic E-state index is 9.00. The molecule has 0 unspecified atom stereocenters. The van der Waals surface area contributed by atoms with Gasteiger partial charge in [-0.15, -0.1) is 0 Å². The molecule has 2 N–H and O–H groups in total. The maximum atomic E-state index is 9.00. The number of hydrogen-bond donors (Lipinski definition) is 2. The van der Waals surface area contributed by atoms with E-state index in [0.29, 0.717) is 5.41 Å². The number of carboxylic acid groups (broad SMARTS) is 1. The Balaban J connectivity index is 0.000000364. The molecule has 0 aliphatic carbocycles. The van der Waals surface area contributed by atoms with Gasteiger partial charge in [-0.1, -0.05) is 20.8 Å². The third-order valence-corrected chi connectivity index (χ3v) is 2.56. The minimum absolute atomic E-state index is 0.530. The second-order valence-electron chi connectivity index (χ2n) is 4.91. The SMILES string of the molecule is CC(=O)O.CC(C)(C)C1CCNCC1. The van der Waals surface area contributed by atoms with E-state index < -0.39 is 5.97 Å². The van der Waals surface area contributed by atoms with E-state index in [1.165, 1.54) is 25.9 Å². The first-order chi connectivity index (χ1) is 6.34. The average molecular weight is 201 g/mol. The quantitative estimate of drug-likeness (QED) is 0.631. The number of piperidine rings is 1. The lowest BCUT2D eigenvalue weighted by molar-refractivity contribution is -0.134. The summed E-state index contributed by atoms with van der Waals surface area (Å²) in [5.74, 6) is 0.105. The molecule has 0 spiro atoms. The van der Waals surface area contributed by atoms with Crippen molar-refractivity contribution < 1.29 is 9.90 Å². The molecule has 1 aliphatic heterocycles. The van der Waals surface area contributed by atoms with E-state index in [2.05, 4.69) is 26.1 Å². The van der Waals surface area contributed by atoms with Crippen molar-refractivity contribution in [2.24, 2.45) is 11.3 Å². The summed E-state index contributed by atoms with van der Waals surface area (Å²) in [5.41, 5.74) is 0.530. The smallest absolute Gasteiger partial charge is 0.300 e. The molecule has 3 heteroatoms. The third-order valence-electron chi connectivity index (χ3n) is 2.56. The first-order valence-corrected chi connectivity index (χ1v) is 5.24. The normalized spacial score (nSPS) is 18.3. The first-order valence-electron chi connectivity index (χ1n) is 5.24. The van der Waals surface area contributed by atoms with E-state index in [9.17, 15) is 0 Å². The largest absolute Gasteiger partial charge is 0.481 e. The van der Waals surface area contributed by atoms with Crippen LogP contribution in [0.4, 0.5) is 0 Å². The summed E-state index contributed by atoms with van der Waals surface area (Å²) in [5, 5.41) is 10.8. The van der Waals surface area contributed by atoms with Crippen LogP contribution in [0, 0.1) is 11.3 Å². The Bertz CT molecular complexity index is 163. The molecule has 0 bridgehead atoms. The van der Waals surface area contributed by atoms with Crippen molar-refractivity contribution in [1.29, 1.82) is 0 Å². The monoisotopic (exact) mass is 201 g/mol. The van der Waals surface area contributed by atoms with Crippen LogP contribution in [0.15, 0.2) is 0 Å². The summed E-state index contributed by atoms with van der Waals surface area (Å²) >= 11 is 0. The Labute approximate surface area is 86.9 Å². The van der Waals surface area contributed by atoms with Gasteiger partial charge in [-0.3, -0.25) is 4.79 Å². The highest BCUT2D eigenvalue weighted by Crippen LogP contribution is 2.32. The second kappa shape index (κ2) is 6.02. The fraction of sp³-hybridized carbons (Fsp3) is 0.909. The van der Waals surface area contributed by atoms with Crippen LogP contribution >= 0.6 is 0 Å². The van der Waals surface area contributed by atoms with Crippen molar-refractivity contribution in [2.75, 3.05) is 13.1 Å². The number of aliphatic carboxylic acids is 1. The number of hydrogen-bond acceptors (Lipinski definition) is 2. The fourth-order valence-electron chi connectivity index (χ4n) is 1.69. The van der Waals surface area contributed by atoms with E-state index in [4.69, 9.17) is 9.90 Å². The molecule has 1 aliphatic rings. The van der Waals surface area contributed by atoms with Crippen LogP contribution in [-0.2, 0) is 4.79 Å². The van der Waals surface area contributed by atoms with Gasteiger partial charge < -0.3 is 10.4 Å². The van der Waals surface area contributed by atoms with Crippen LogP contribution in [0.2, 0.25) is 0 Å². The van der Waals surface area contributed by atoms with Gasteiger partial charge in [0.05, 0.1) is 0 Å². The Hall–Kier alpha value is -0.570. The molecule has 1 rings (SSSR count). The van der Waals surface area contributed by atoms with Gasteiger partial charge in [0.15, 0.2) is 0 Å². The number of carboxylic acids is 1. The summed E-state index contributed by atoms with van der Waals surface area (Å²) < 4.78 is 0. The summed E-state index contributed by atoms with van der Waals surface area (Å²) in [6.45, 7) is 10.6. The lowest BCUT2D eigenvalue weighted by atomic mass is 9.76. The Morgan fingerprint density at radius 3 is 1.86 bits per heavy atom. The number of rotatable bonds is 0. The van der Waals surface area contributed by atoms with Gasteiger partial charge in [0.2, 0.25) is 0 Å². The molecule has 1 fully saturated rings. The Morgan fingerprint density at radius 2 is 1.64 bits per heavy atom. The highest BCUT2D eigenvalue weighted by molar-refractivity contribution is 5.62. The second-order valence-corrected chi connectivity index (χ2v) is 4.91.